The van der Waals surface area contributed by atoms with E-state index in [0.29, 0.717) is 6.42 Å². The molecule has 29 heavy (non-hydrogen) atoms. The van der Waals surface area contributed by atoms with Gasteiger partial charge in [-0.05, 0) is 18.6 Å². The standard InChI is InChI=1S/C18H19FN4O6/c1-3-8-12(22-17(25)15(8)19)7-29-18-10-5-14(28-2)11(16(20)24)4-9(10)13(6-21-18)23(26)27/h4-6,8,12,15H,3,7H2,1-2H3,(H2,20,24)(H,22,25)/t8-,12?,15-/m0/s1. The third-order valence-corrected chi connectivity index (χ3v) is 4.95. The van der Waals surface area contributed by atoms with E-state index < -0.39 is 34.9 Å². The Bertz CT molecular complexity index is 998. The Kier molecular flexibility index (Phi) is 5.48. The van der Waals surface area contributed by atoms with Crippen LogP contribution in [0.25, 0.3) is 10.8 Å². The van der Waals surface area contributed by atoms with Crippen LogP contribution in [-0.2, 0) is 4.79 Å². The molecule has 3 N–H and O–H groups in total. The molecule has 0 spiro atoms. The van der Waals surface area contributed by atoms with E-state index in [0.717, 1.165) is 6.20 Å². The van der Waals surface area contributed by atoms with Gasteiger partial charge in [0.1, 0.15) is 18.6 Å². The lowest BCUT2D eigenvalue weighted by atomic mass is 9.97. The summed E-state index contributed by atoms with van der Waals surface area (Å²) in [6, 6.07) is 2.04. The number of nitro groups is 1. The van der Waals surface area contributed by atoms with Crippen LogP contribution >= 0.6 is 0 Å². The molecule has 1 aliphatic rings. The fraction of sp³-hybridized carbons (Fsp3) is 0.389. The monoisotopic (exact) mass is 406 g/mol. The lowest BCUT2D eigenvalue weighted by Crippen LogP contribution is -2.34. The maximum Gasteiger partial charge on any atom is 0.295 e. The molecule has 1 saturated heterocycles. The van der Waals surface area contributed by atoms with Gasteiger partial charge in [-0.25, -0.2) is 9.37 Å². The van der Waals surface area contributed by atoms with Gasteiger partial charge in [-0.2, -0.15) is 0 Å². The molecule has 0 aliphatic carbocycles. The van der Waals surface area contributed by atoms with Crippen molar-refractivity contribution in [2.24, 2.45) is 11.7 Å². The summed E-state index contributed by atoms with van der Waals surface area (Å²) in [6.07, 6.45) is -0.191. The van der Waals surface area contributed by atoms with E-state index in [9.17, 15) is 24.1 Å². The highest BCUT2D eigenvalue weighted by Gasteiger charge is 2.41. The molecule has 1 aliphatic heterocycles. The van der Waals surface area contributed by atoms with Crippen LogP contribution in [0.1, 0.15) is 23.7 Å². The summed E-state index contributed by atoms with van der Waals surface area (Å²) >= 11 is 0. The van der Waals surface area contributed by atoms with Crippen molar-refractivity contribution in [3.8, 4) is 11.6 Å². The normalized spacial score (nSPS) is 21.1. The predicted molar refractivity (Wildman–Crippen MR) is 99.6 cm³/mol. The Morgan fingerprint density at radius 1 is 1.41 bits per heavy atom. The maximum absolute atomic E-state index is 14.0. The second kappa shape index (κ2) is 7.86. The molecule has 154 valence electrons. The highest BCUT2D eigenvalue weighted by molar-refractivity contribution is 6.04. The first-order valence-corrected chi connectivity index (χ1v) is 8.80. The number of benzene rings is 1. The van der Waals surface area contributed by atoms with E-state index in [1.807, 2.05) is 0 Å². The van der Waals surface area contributed by atoms with E-state index in [1.165, 1.54) is 19.2 Å². The molecule has 2 heterocycles. The second-order valence-electron chi connectivity index (χ2n) is 6.57. The van der Waals surface area contributed by atoms with Crippen molar-refractivity contribution in [2.75, 3.05) is 13.7 Å². The Labute approximate surface area is 164 Å². The van der Waals surface area contributed by atoms with E-state index in [1.54, 1.807) is 6.92 Å². The minimum absolute atomic E-state index is 0.0198. The molecule has 0 saturated carbocycles. The number of carbonyl (C=O) groups excluding carboxylic acids is 2. The SMILES string of the molecule is CC[C@H]1C(COc2ncc([N+](=O)[O-])c3cc(C(N)=O)c(OC)cc23)NC(=O)[C@H]1F. The molecular weight excluding hydrogens is 387 g/mol. The molecule has 2 amide bonds. The molecule has 1 fully saturated rings. The number of ether oxygens (including phenoxy) is 2. The van der Waals surface area contributed by atoms with Gasteiger partial charge in [0.25, 0.3) is 17.5 Å². The number of nitrogens with zero attached hydrogens (tertiary/aromatic N) is 2. The highest BCUT2D eigenvalue weighted by atomic mass is 19.1. The number of pyridine rings is 1. The van der Waals surface area contributed by atoms with Gasteiger partial charge in [0, 0.05) is 5.92 Å². The Morgan fingerprint density at radius 2 is 2.14 bits per heavy atom. The van der Waals surface area contributed by atoms with E-state index in [2.05, 4.69) is 10.3 Å². The lowest BCUT2D eigenvalue weighted by molar-refractivity contribution is -0.383. The number of fused-ring (bicyclic) bond motifs is 1. The minimum Gasteiger partial charge on any atom is -0.496 e. The number of rotatable bonds is 7. The largest absolute Gasteiger partial charge is 0.496 e. The van der Waals surface area contributed by atoms with Gasteiger partial charge in [-0.15, -0.1) is 0 Å². The summed E-state index contributed by atoms with van der Waals surface area (Å²) in [4.78, 5) is 38.0. The number of hydrogen-bond acceptors (Lipinski definition) is 7. The third kappa shape index (κ3) is 3.62. The third-order valence-electron chi connectivity index (χ3n) is 4.95. The molecule has 3 atom stereocenters. The number of hydrogen-bond donors (Lipinski definition) is 2. The molecule has 0 bridgehead atoms. The summed E-state index contributed by atoms with van der Waals surface area (Å²) < 4.78 is 24.8. The zero-order valence-electron chi connectivity index (χ0n) is 15.7. The smallest absolute Gasteiger partial charge is 0.295 e. The molecular formula is C18H19FN4O6. The van der Waals surface area contributed by atoms with Crippen LogP contribution in [0.4, 0.5) is 10.1 Å². The number of nitrogens with one attached hydrogen (secondary N) is 1. The van der Waals surface area contributed by atoms with Crippen molar-refractivity contribution >= 4 is 28.3 Å². The summed E-state index contributed by atoms with van der Waals surface area (Å²) in [7, 11) is 1.32. The van der Waals surface area contributed by atoms with Gasteiger partial charge in [-0.3, -0.25) is 19.7 Å². The Balaban J connectivity index is 2.02. The first kappa shape index (κ1) is 20.2. The quantitative estimate of drug-likeness (QED) is 0.523. The van der Waals surface area contributed by atoms with Gasteiger partial charge in [0.05, 0.1) is 34.4 Å². The summed E-state index contributed by atoms with van der Waals surface area (Å²) in [5.74, 6) is -1.94. The molecule has 1 aromatic heterocycles. The molecule has 1 unspecified atom stereocenters. The van der Waals surface area contributed by atoms with Crippen molar-refractivity contribution in [2.45, 2.75) is 25.6 Å². The fourth-order valence-corrected chi connectivity index (χ4v) is 3.44. The number of amides is 2. The summed E-state index contributed by atoms with van der Waals surface area (Å²) in [6.45, 7) is 1.69. The second-order valence-corrected chi connectivity index (χ2v) is 6.57. The van der Waals surface area contributed by atoms with Gasteiger partial charge < -0.3 is 20.5 Å². The topological polar surface area (TPSA) is 147 Å². The minimum atomic E-state index is -1.62. The zero-order valence-corrected chi connectivity index (χ0v) is 15.7. The first-order valence-electron chi connectivity index (χ1n) is 8.80. The Morgan fingerprint density at radius 3 is 2.72 bits per heavy atom. The number of primary amides is 1. The average Bonchev–Trinajstić information content (AvgIpc) is 2.97. The van der Waals surface area contributed by atoms with Crippen LogP contribution in [0.15, 0.2) is 18.3 Å². The van der Waals surface area contributed by atoms with Gasteiger partial charge >= 0.3 is 0 Å². The highest BCUT2D eigenvalue weighted by Crippen LogP contribution is 2.36. The van der Waals surface area contributed by atoms with Crippen LogP contribution < -0.4 is 20.5 Å². The zero-order chi connectivity index (χ0) is 21.3. The van der Waals surface area contributed by atoms with Crippen LogP contribution in [0, 0.1) is 16.0 Å². The van der Waals surface area contributed by atoms with Crippen molar-refractivity contribution in [3.63, 3.8) is 0 Å². The van der Waals surface area contributed by atoms with Crippen molar-refractivity contribution in [3.05, 3.63) is 34.0 Å². The van der Waals surface area contributed by atoms with Gasteiger partial charge in [0.15, 0.2) is 6.17 Å². The molecule has 3 rings (SSSR count). The maximum atomic E-state index is 14.0. The molecule has 11 heteroatoms. The number of nitrogens with two attached hydrogens (primary N) is 1. The van der Waals surface area contributed by atoms with Crippen LogP contribution in [0.5, 0.6) is 11.6 Å². The number of alkyl halides is 1. The fourth-order valence-electron chi connectivity index (χ4n) is 3.44. The summed E-state index contributed by atoms with van der Waals surface area (Å²) in [5.41, 5.74) is 4.95. The molecule has 0 radical (unpaired) electrons. The first-order chi connectivity index (χ1) is 13.8. The van der Waals surface area contributed by atoms with E-state index in [4.69, 9.17) is 15.2 Å². The van der Waals surface area contributed by atoms with Gasteiger partial charge in [-0.1, -0.05) is 6.92 Å². The number of methoxy groups -OCH3 is 1. The lowest BCUT2D eigenvalue weighted by Gasteiger charge is -2.19. The Hall–Kier alpha value is -3.50. The van der Waals surface area contributed by atoms with E-state index in [-0.39, 0.29) is 40.3 Å². The molecule has 2 aromatic rings. The van der Waals surface area contributed by atoms with Gasteiger partial charge in [0.2, 0.25) is 5.88 Å². The van der Waals surface area contributed by atoms with Crippen molar-refractivity contribution < 1.29 is 28.4 Å². The number of aromatic nitrogens is 1. The van der Waals surface area contributed by atoms with Crippen molar-refractivity contribution in [1.82, 2.24) is 10.3 Å². The van der Waals surface area contributed by atoms with Crippen LogP contribution in [0.3, 0.4) is 0 Å². The van der Waals surface area contributed by atoms with Crippen LogP contribution in [0.2, 0.25) is 0 Å². The van der Waals surface area contributed by atoms with E-state index >= 15 is 0 Å². The van der Waals surface area contributed by atoms with Crippen LogP contribution in [-0.4, -0.2) is 47.7 Å². The predicted octanol–water partition coefficient (Wildman–Crippen LogP) is 1.49. The molecule has 1 aromatic carbocycles. The number of halogens is 1. The van der Waals surface area contributed by atoms with Crippen molar-refractivity contribution in [1.29, 1.82) is 0 Å². The number of carbonyl (C=O) groups is 2. The summed E-state index contributed by atoms with van der Waals surface area (Å²) in [5, 5.41) is 14.2. The average molecular weight is 406 g/mol. The molecule has 10 nitrogen and oxygen atoms in total.